The van der Waals surface area contributed by atoms with Crippen molar-refractivity contribution in [3.05, 3.63) is 28.8 Å². The van der Waals surface area contributed by atoms with Crippen LogP contribution in [0.5, 0.6) is 0 Å². The SMILES string of the molecule is CNCC(O)c1cc(SC)ccc1Cl. The van der Waals surface area contributed by atoms with Crippen molar-refractivity contribution in [1.29, 1.82) is 0 Å². The molecule has 0 heterocycles. The van der Waals surface area contributed by atoms with Crippen LogP contribution in [0, 0.1) is 0 Å². The molecule has 1 rings (SSSR count). The van der Waals surface area contributed by atoms with Crippen LogP contribution in [-0.4, -0.2) is 25.0 Å². The van der Waals surface area contributed by atoms with E-state index in [0.717, 1.165) is 10.5 Å². The zero-order chi connectivity index (χ0) is 10.6. The summed E-state index contributed by atoms with van der Waals surface area (Å²) >= 11 is 7.62. The number of aliphatic hydroxyl groups is 1. The highest BCUT2D eigenvalue weighted by Crippen LogP contribution is 2.27. The average Bonchev–Trinajstić information content (AvgIpc) is 2.19. The maximum absolute atomic E-state index is 9.77. The number of hydrogen-bond donors (Lipinski definition) is 2. The third-order valence-corrected chi connectivity index (χ3v) is 3.03. The van der Waals surface area contributed by atoms with Gasteiger partial charge in [-0.15, -0.1) is 11.8 Å². The van der Waals surface area contributed by atoms with Gasteiger partial charge in [0.15, 0.2) is 0 Å². The Morgan fingerprint density at radius 3 is 2.86 bits per heavy atom. The molecule has 0 aliphatic rings. The molecule has 1 unspecified atom stereocenters. The number of benzene rings is 1. The van der Waals surface area contributed by atoms with Gasteiger partial charge in [0, 0.05) is 22.0 Å². The van der Waals surface area contributed by atoms with Gasteiger partial charge in [0.2, 0.25) is 0 Å². The molecule has 0 saturated carbocycles. The highest BCUT2D eigenvalue weighted by atomic mass is 35.5. The van der Waals surface area contributed by atoms with Crippen LogP contribution >= 0.6 is 23.4 Å². The van der Waals surface area contributed by atoms with Crippen LogP contribution in [0.15, 0.2) is 23.1 Å². The third kappa shape index (κ3) is 2.89. The van der Waals surface area contributed by atoms with E-state index >= 15 is 0 Å². The summed E-state index contributed by atoms with van der Waals surface area (Å²) in [6.45, 7) is 0.511. The highest BCUT2D eigenvalue weighted by Gasteiger charge is 2.10. The molecule has 1 aromatic carbocycles. The Bertz CT molecular complexity index is 306. The number of rotatable bonds is 4. The van der Waals surface area contributed by atoms with E-state index in [1.165, 1.54) is 0 Å². The lowest BCUT2D eigenvalue weighted by atomic mass is 10.1. The summed E-state index contributed by atoms with van der Waals surface area (Å²) < 4.78 is 0. The van der Waals surface area contributed by atoms with Crippen LogP contribution < -0.4 is 5.32 Å². The Labute approximate surface area is 93.7 Å². The first kappa shape index (κ1) is 11.9. The van der Waals surface area contributed by atoms with Crippen molar-refractivity contribution < 1.29 is 5.11 Å². The average molecular weight is 232 g/mol. The van der Waals surface area contributed by atoms with Crippen molar-refractivity contribution in [2.45, 2.75) is 11.0 Å². The molecule has 2 N–H and O–H groups in total. The number of hydrogen-bond acceptors (Lipinski definition) is 3. The summed E-state index contributed by atoms with van der Waals surface area (Å²) in [6, 6.07) is 5.69. The molecule has 0 amide bonds. The Hall–Kier alpha value is -0.220. The second kappa shape index (κ2) is 5.61. The van der Waals surface area contributed by atoms with Gasteiger partial charge in [-0.25, -0.2) is 0 Å². The molecule has 14 heavy (non-hydrogen) atoms. The lowest BCUT2D eigenvalue weighted by Crippen LogP contribution is -2.16. The van der Waals surface area contributed by atoms with Gasteiger partial charge in [-0.3, -0.25) is 0 Å². The van der Waals surface area contributed by atoms with E-state index in [2.05, 4.69) is 5.32 Å². The first-order valence-electron chi connectivity index (χ1n) is 4.35. The second-order valence-electron chi connectivity index (χ2n) is 2.96. The van der Waals surface area contributed by atoms with Gasteiger partial charge < -0.3 is 10.4 Å². The molecule has 1 aromatic rings. The second-order valence-corrected chi connectivity index (χ2v) is 4.25. The van der Waals surface area contributed by atoms with Crippen molar-refractivity contribution in [3.8, 4) is 0 Å². The fraction of sp³-hybridized carbons (Fsp3) is 0.400. The molecule has 1 atom stereocenters. The Kier molecular flexibility index (Phi) is 4.75. The smallest absolute Gasteiger partial charge is 0.0929 e. The van der Waals surface area contributed by atoms with Crippen LogP contribution in [0.3, 0.4) is 0 Å². The maximum Gasteiger partial charge on any atom is 0.0929 e. The van der Waals surface area contributed by atoms with Crippen molar-refractivity contribution in [1.82, 2.24) is 5.32 Å². The summed E-state index contributed by atoms with van der Waals surface area (Å²) in [5, 5.41) is 13.3. The van der Waals surface area contributed by atoms with Gasteiger partial charge in [-0.05, 0) is 31.5 Å². The molecule has 0 aliphatic heterocycles. The number of halogens is 1. The molecule has 0 fully saturated rings. The number of thioether (sulfide) groups is 1. The molecule has 78 valence electrons. The van der Waals surface area contributed by atoms with Crippen molar-refractivity contribution >= 4 is 23.4 Å². The molecule has 0 radical (unpaired) electrons. The molecule has 0 bridgehead atoms. The normalized spacial score (nSPS) is 12.9. The maximum atomic E-state index is 9.77. The topological polar surface area (TPSA) is 32.3 Å². The van der Waals surface area contributed by atoms with E-state index in [1.54, 1.807) is 18.8 Å². The quantitative estimate of drug-likeness (QED) is 0.781. The molecule has 0 aliphatic carbocycles. The fourth-order valence-electron chi connectivity index (χ4n) is 1.21. The molecule has 0 spiro atoms. The molecular weight excluding hydrogens is 218 g/mol. The van der Waals surface area contributed by atoms with E-state index in [9.17, 15) is 5.11 Å². The zero-order valence-electron chi connectivity index (χ0n) is 8.25. The molecular formula is C10H14ClNOS. The predicted octanol–water partition coefficient (Wildman–Crippen LogP) is 2.31. The zero-order valence-corrected chi connectivity index (χ0v) is 9.82. The van der Waals surface area contributed by atoms with Crippen molar-refractivity contribution in [3.63, 3.8) is 0 Å². The molecule has 0 saturated heterocycles. The highest BCUT2D eigenvalue weighted by molar-refractivity contribution is 7.98. The summed E-state index contributed by atoms with van der Waals surface area (Å²) in [4.78, 5) is 1.11. The van der Waals surface area contributed by atoms with E-state index in [4.69, 9.17) is 11.6 Å². The monoisotopic (exact) mass is 231 g/mol. The van der Waals surface area contributed by atoms with Crippen LogP contribution in [0.4, 0.5) is 0 Å². The third-order valence-electron chi connectivity index (χ3n) is 1.96. The number of aliphatic hydroxyl groups excluding tert-OH is 1. The van der Waals surface area contributed by atoms with Gasteiger partial charge >= 0.3 is 0 Å². The van der Waals surface area contributed by atoms with Gasteiger partial charge in [0.05, 0.1) is 6.10 Å². The van der Waals surface area contributed by atoms with E-state index in [0.29, 0.717) is 11.6 Å². The van der Waals surface area contributed by atoms with Crippen LogP contribution in [0.25, 0.3) is 0 Å². The number of likely N-dealkylation sites (N-methyl/N-ethyl adjacent to an activating group) is 1. The number of nitrogens with one attached hydrogen (secondary N) is 1. The van der Waals surface area contributed by atoms with Crippen molar-refractivity contribution in [2.24, 2.45) is 0 Å². The summed E-state index contributed by atoms with van der Waals surface area (Å²) in [6.07, 6.45) is 1.46. The molecule has 0 aromatic heterocycles. The lowest BCUT2D eigenvalue weighted by Gasteiger charge is -2.13. The predicted molar refractivity (Wildman–Crippen MR) is 62.1 cm³/mol. The largest absolute Gasteiger partial charge is 0.387 e. The molecule has 2 nitrogen and oxygen atoms in total. The first-order chi connectivity index (χ1) is 6.69. The van der Waals surface area contributed by atoms with E-state index < -0.39 is 6.10 Å². The summed E-state index contributed by atoms with van der Waals surface area (Å²) in [7, 11) is 1.80. The minimum absolute atomic E-state index is 0.511. The van der Waals surface area contributed by atoms with Gasteiger partial charge in [-0.1, -0.05) is 11.6 Å². The van der Waals surface area contributed by atoms with E-state index in [1.807, 2.05) is 24.5 Å². The van der Waals surface area contributed by atoms with Gasteiger partial charge in [-0.2, -0.15) is 0 Å². The minimum Gasteiger partial charge on any atom is -0.387 e. The first-order valence-corrected chi connectivity index (χ1v) is 5.95. The minimum atomic E-state index is -0.542. The van der Waals surface area contributed by atoms with E-state index in [-0.39, 0.29) is 0 Å². The van der Waals surface area contributed by atoms with Gasteiger partial charge in [0.25, 0.3) is 0 Å². The van der Waals surface area contributed by atoms with Crippen LogP contribution in [0.1, 0.15) is 11.7 Å². The lowest BCUT2D eigenvalue weighted by molar-refractivity contribution is 0.177. The standard InChI is InChI=1S/C10H14ClNOS/c1-12-6-10(13)8-5-7(14-2)3-4-9(8)11/h3-5,10,12-13H,6H2,1-2H3. The Morgan fingerprint density at radius 1 is 1.57 bits per heavy atom. The summed E-state index contributed by atoms with van der Waals surface area (Å²) in [5.74, 6) is 0. The van der Waals surface area contributed by atoms with Gasteiger partial charge in [0.1, 0.15) is 0 Å². The fourth-order valence-corrected chi connectivity index (χ4v) is 1.90. The van der Waals surface area contributed by atoms with Crippen molar-refractivity contribution in [2.75, 3.05) is 19.8 Å². The Balaban J connectivity index is 2.93. The van der Waals surface area contributed by atoms with Crippen LogP contribution in [0.2, 0.25) is 5.02 Å². The van der Waals surface area contributed by atoms with Crippen LogP contribution in [-0.2, 0) is 0 Å². The Morgan fingerprint density at radius 2 is 2.29 bits per heavy atom. The summed E-state index contributed by atoms with van der Waals surface area (Å²) in [5.41, 5.74) is 0.785. The molecule has 4 heteroatoms.